The van der Waals surface area contributed by atoms with E-state index in [1.165, 1.54) is 19.3 Å². The minimum atomic E-state index is 0.0480. The molecule has 0 amide bonds. The van der Waals surface area contributed by atoms with Gasteiger partial charge in [-0.2, -0.15) is 4.98 Å². The zero-order valence-electron chi connectivity index (χ0n) is 8.77. The van der Waals surface area contributed by atoms with Gasteiger partial charge in [0, 0.05) is 6.04 Å². The van der Waals surface area contributed by atoms with Crippen LogP contribution in [0.1, 0.15) is 42.7 Å². The van der Waals surface area contributed by atoms with E-state index in [0.717, 1.165) is 5.92 Å². The maximum Gasteiger partial charge on any atom is 0.290 e. The number of hydrogen-bond acceptors (Lipinski definition) is 5. The Morgan fingerprint density at radius 1 is 1.60 bits per heavy atom. The summed E-state index contributed by atoms with van der Waals surface area (Å²) in [6.45, 7) is 2.80. The van der Waals surface area contributed by atoms with Gasteiger partial charge in [0.15, 0.2) is 5.82 Å². The summed E-state index contributed by atoms with van der Waals surface area (Å²) in [6.07, 6.45) is 4.28. The summed E-state index contributed by atoms with van der Waals surface area (Å²) in [5.41, 5.74) is 0. The van der Waals surface area contributed by atoms with Gasteiger partial charge >= 0.3 is 0 Å². The first-order valence-corrected chi connectivity index (χ1v) is 5.33. The normalized spacial score (nSPS) is 24.9. The molecule has 0 bridgehead atoms. The molecule has 1 saturated carbocycles. The van der Waals surface area contributed by atoms with Crippen molar-refractivity contribution in [3.63, 3.8) is 0 Å². The second-order valence-electron chi connectivity index (χ2n) is 3.99. The lowest BCUT2D eigenvalue weighted by Gasteiger charge is -2.35. The van der Waals surface area contributed by atoms with E-state index in [1.54, 1.807) is 0 Å². The van der Waals surface area contributed by atoms with Crippen LogP contribution in [0.2, 0.25) is 0 Å². The van der Waals surface area contributed by atoms with E-state index in [4.69, 9.17) is 0 Å². The Hall–Kier alpha value is -1.23. The first kappa shape index (κ1) is 10.3. The van der Waals surface area contributed by atoms with Gasteiger partial charge in [-0.3, -0.25) is 4.79 Å². The lowest BCUT2D eigenvalue weighted by molar-refractivity contribution is 0.108. The van der Waals surface area contributed by atoms with Crippen molar-refractivity contribution in [3.05, 3.63) is 11.7 Å². The zero-order chi connectivity index (χ0) is 10.7. The maximum atomic E-state index is 10.3. The largest absolute Gasteiger partial charge is 0.331 e. The molecule has 1 aromatic rings. The van der Waals surface area contributed by atoms with Gasteiger partial charge in [-0.1, -0.05) is 18.5 Å². The van der Waals surface area contributed by atoms with E-state index in [2.05, 4.69) is 26.9 Å². The Balaban J connectivity index is 1.72. The molecule has 0 atom stereocenters. The Morgan fingerprint density at radius 3 is 3.00 bits per heavy atom. The van der Waals surface area contributed by atoms with Gasteiger partial charge in [-0.15, -0.1) is 0 Å². The monoisotopic (exact) mass is 209 g/mol. The topological polar surface area (TPSA) is 68.0 Å². The molecule has 1 heterocycles. The van der Waals surface area contributed by atoms with Crippen molar-refractivity contribution in [2.45, 2.75) is 38.8 Å². The van der Waals surface area contributed by atoms with E-state index < -0.39 is 0 Å². The van der Waals surface area contributed by atoms with Crippen LogP contribution in [0.15, 0.2) is 4.52 Å². The molecular formula is C10H15N3O2. The quantitative estimate of drug-likeness (QED) is 0.737. The highest BCUT2D eigenvalue weighted by molar-refractivity contribution is 5.66. The summed E-state index contributed by atoms with van der Waals surface area (Å²) >= 11 is 0. The summed E-state index contributed by atoms with van der Waals surface area (Å²) in [6, 6.07) is 0.577. The van der Waals surface area contributed by atoms with Crippen LogP contribution in [0, 0.1) is 5.92 Å². The lowest BCUT2D eigenvalue weighted by atomic mass is 9.79. The van der Waals surface area contributed by atoms with Crippen LogP contribution in [-0.4, -0.2) is 22.5 Å². The third-order valence-electron chi connectivity index (χ3n) is 2.95. The Bertz CT molecular complexity index is 331. The fourth-order valence-corrected chi connectivity index (χ4v) is 1.86. The second-order valence-corrected chi connectivity index (χ2v) is 3.99. The molecule has 0 unspecified atom stereocenters. The molecule has 1 N–H and O–H groups in total. The minimum absolute atomic E-state index is 0.0480. The minimum Gasteiger partial charge on any atom is -0.331 e. The predicted octanol–water partition coefficient (Wildman–Crippen LogP) is 1.16. The fraction of sp³-hybridized carbons (Fsp3) is 0.700. The van der Waals surface area contributed by atoms with Crippen LogP contribution in [0.3, 0.4) is 0 Å². The molecule has 1 fully saturated rings. The summed E-state index contributed by atoms with van der Waals surface area (Å²) < 4.78 is 4.67. The van der Waals surface area contributed by atoms with Crippen LogP contribution < -0.4 is 5.32 Å². The predicted molar refractivity (Wildman–Crippen MR) is 53.3 cm³/mol. The molecule has 1 aromatic heterocycles. The van der Waals surface area contributed by atoms with Crippen molar-refractivity contribution < 1.29 is 9.32 Å². The van der Waals surface area contributed by atoms with Crippen LogP contribution in [0.25, 0.3) is 0 Å². The molecule has 1 aliphatic carbocycles. The van der Waals surface area contributed by atoms with Gasteiger partial charge in [-0.25, -0.2) is 0 Å². The SMILES string of the molecule is CCC1CC(NCc2noc(C=O)n2)C1. The smallest absolute Gasteiger partial charge is 0.290 e. The molecule has 5 nitrogen and oxygen atoms in total. The van der Waals surface area contributed by atoms with Gasteiger partial charge in [-0.05, 0) is 18.8 Å². The van der Waals surface area contributed by atoms with Crippen LogP contribution in [0.5, 0.6) is 0 Å². The Morgan fingerprint density at radius 2 is 2.40 bits per heavy atom. The highest BCUT2D eigenvalue weighted by Gasteiger charge is 2.27. The van der Waals surface area contributed by atoms with Crippen LogP contribution in [-0.2, 0) is 6.54 Å². The number of hydrogen-bond donors (Lipinski definition) is 1. The molecule has 15 heavy (non-hydrogen) atoms. The van der Waals surface area contributed by atoms with Gasteiger partial charge in [0.25, 0.3) is 5.89 Å². The molecule has 0 radical (unpaired) electrons. The van der Waals surface area contributed by atoms with Crippen LogP contribution >= 0.6 is 0 Å². The molecule has 2 rings (SSSR count). The van der Waals surface area contributed by atoms with Crippen molar-refractivity contribution in [2.75, 3.05) is 0 Å². The van der Waals surface area contributed by atoms with Gasteiger partial charge < -0.3 is 9.84 Å². The summed E-state index contributed by atoms with van der Waals surface area (Å²) in [5.74, 6) is 1.47. The molecule has 1 aliphatic rings. The highest BCUT2D eigenvalue weighted by Crippen LogP contribution is 2.29. The first-order valence-electron chi connectivity index (χ1n) is 5.33. The molecule has 5 heteroatoms. The van der Waals surface area contributed by atoms with Crippen molar-refractivity contribution >= 4 is 6.29 Å². The van der Waals surface area contributed by atoms with E-state index in [9.17, 15) is 4.79 Å². The zero-order valence-corrected chi connectivity index (χ0v) is 8.77. The molecule has 82 valence electrons. The summed E-state index contributed by atoms with van der Waals surface area (Å²) in [4.78, 5) is 14.2. The molecule has 0 aliphatic heterocycles. The highest BCUT2D eigenvalue weighted by atomic mass is 16.5. The van der Waals surface area contributed by atoms with Gasteiger partial charge in [0.2, 0.25) is 6.29 Å². The average Bonchev–Trinajstić information content (AvgIpc) is 2.64. The van der Waals surface area contributed by atoms with Crippen molar-refractivity contribution in [1.82, 2.24) is 15.5 Å². The van der Waals surface area contributed by atoms with E-state index in [-0.39, 0.29) is 5.89 Å². The number of carbonyl (C=O) groups excluding carboxylic acids is 1. The molecular weight excluding hydrogens is 194 g/mol. The first-order chi connectivity index (χ1) is 7.31. The standard InChI is InChI=1S/C10H15N3O2/c1-2-7-3-8(4-7)11-5-9-12-10(6-14)15-13-9/h6-8,11H,2-5H2,1H3. The number of aromatic nitrogens is 2. The van der Waals surface area contributed by atoms with Gasteiger partial charge in [0.1, 0.15) is 0 Å². The lowest BCUT2D eigenvalue weighted by Crippen LogP contribution is -2.40. The Labute approximate surface area is 88.2 Å². The van der Waals surface area contributed by atoms with E-state index in [1.807, 2.05) is 0 Å². The molecule has 0 spiro atoms. The van der Waals surface area contributed by atoms with E-state index >= 15 is 0 Å². The number of aldehydes is 1. The number of nitrogens with one attached hydrogen (secondary N) is 1. The summed E-state index contributed by atoms with van der Waals surface area (Å²) in [5, 5.41) is 7.01. The fourth-order valence-electron chi connectivity index (χ4n) is 1.86. The molecule has 0 aromatic carbocycles. The number of nitrogens with zero attached hydrogens (tertiary/aromatic N) is 2. The Kier molecular flexibility index (Phi) is 3.11. The third-order valence-corrected chi connectivity index (χ3v) is 2.95. The molecule has 0 saturated heterocycles. The van der Waals surface area contributed by atoms with Crippen molar-refractivity contribution in [1.29, 1.82) is 0 Å². The summed E-state index contributed by atoms with van der Waals surface area (Å²) in [7, 11) is 0. The average molecular weight is 209 g/mol. The number of carbonyl (C=O) groups is 1. The van der Waals surface area contributed by atoms with Crippen LogP contribution in [0.4, 0.5) is 0 Å². The third kappa shape index (κ3) is 2.41. The maximum absolute atomic E-state index is 10.3. The van der Waals surface area contributed by atoms with Crippen molar-refractivity contribution in [2.24, 2.45) is 5.92 Å². The van der Waals surface area contributed by atoms with Crippen molar-refractivity contribution in [3.8, 4) is 0 Å². The van der Waals surface area contributed by atoms with Gasteiger partial charge in [0.05, 0.1) is 6.54 Å². The number of rotatable bonds is 5. The second kappa shape index (κ2) is 4.53. The van der Waals surface area contributed by atoms with E-state index in [0.29, 0.717) is 24.7 Å².